The predicted molar refractivity (Wildman–Crippen MR) is 43.2 cm³/mol. The lowest BCUT2D eigenvalue weighted by Crippen LogP contribution is -2.56. The minimum absolute atomic E-state index is 0.0473. The van der Waals surface area contributed by atoms with E-state index in [9.17, 15) is 14.4 Å². The van der Waals surface area contributed by atoms with Crippen molar-refractivity contribution in [1.82, 2.24) is 4.90 Å². The molecule has 0 saturated carbocycles. The molecule has 7 nitrogen and oxygen atoms in total. The fourth-order valence-corrected chi connectivity index (χ4v) is 1.21. The average molecular weight is 202 g/mol. The second-order valence-electron chi connectivity index (χ2n) is 2.80. The van der Waals surface area contributed by atoms with Gasteiger partial charge in [0.1, 0.15) is 6.04 Å². The summed E-state index contributed by atoms with van der Waals surface area (Å²) in [5.74, 6) is -3.49. The molecule has 7 heteroatoms. The minimum Gasteiger partial charge on any atom is -0.474 e. The predicted octanol–water partition coefficient (Wildman–Crippen LogP) is -2.22. The van der Waals surface area contributed by atoms with Crippen LogP contribution in [0.3, 0.4) is 0 Å². The van der Waals surface area contributed by atoms with E-state index in [0.29, 0.717) is 0 Å². The molecule has 0 aromatic carbocycles. The highest BCUT2D eigenvalue weighted by Crippen LogP contribution is 2.06. The third-order valence-electron chi connectivity index (χ3n) is 1.90. The summed E-state index contributed by atoms with van der Waals surface area (Å²) in [7, 11) is 0. The van der Waals surface area contributed by atoms with E-state index < -0.39 is 23.8 Å². The quantitative estimate of drug-likeness (QED) is 0.468. The molecule has 1 rings (SSSR count). The lowest BCUT2D eigenvalue weighted by atomic mass is 10.2. The fraction of sp³-hybridized carbons (Fsp3) is 0.571. The lowest BCUT2D eigenvalue weighted by Gasteiger charge is -2.32. The summed E-state index contributed by atoms with van der Waals surface area (Å²) in [4.78, 5) is 33.2. The van der Waals surface area contributed by atoms with Gasteiger partial charge in [0.15, 0.2) is 0 Å². The summed E-state index contributed by atoms with van der Waals surface area (Å²) < 4.78 is 4.92. The van der Waals surface area contributed by atoms with Crippen LogP contribution in [0, 0.1) is 0 Å². The molecule has 3 N–H and O–H groups in total. The van der Waals surface area contributed by atoms with Crippen LogP contribution in [0.5, 0.6) is 0 Å². The number of nitrogens with zero attached hydrogens (tertiary/aromatic N) is 1. The number of ether oxygens (including phenoxy) is 1. The Morgan fingerprint density at radius 2 is 2.07 bits per heavy atom. The molecule has 0 aromatic rings. The SMILES string of the molecule is NC(=O)C1COCCN1C(=O)C(=O)O. The number of hydrogen-bond acceptors (Lipinski definition) is 4. The van der Waals surface area contributed by atoms with Gasteiger partial charge in [0.05, 0.1) is 13.2 Å². The highest BCUT2D eigenvalue weighted by molar-refractivity contribution is 6.31. The Morgan fingerprint density at radius 3 is 2.57 bits per heavy atom. The molecule has 1 aliphatic heterocycles. The van der Waals surface area contributed by atoms with E-state index in [1.54, 1.807) is 0 Å². The molecule has 0 aliphatic carbocycles. The second-order valence-corrected chi connectivity index (χ2v) is 2.80. The van der Waals surface area contributed by atoms with Crippen LogP contribution >= 0.6 is 0 Å². The van der Waals surface area contributed by atoms with E-state index >= 15 is 0 Å². The number of primary amides is 1. The third-order valence-corrected chi connectivity index (χ3v) is 1.90. The Bertz CT molecular complexity index is 277. The maximum Gasteiger partial charge on any atom is 0.394 e. The fourth-order valence-electron chi connectivity index (χ4n) is 1.21. The number of carbonyl (C=O) groups is 3. The molecule has 0 radical (unpaired) electrons. The average Bonchev–Trinajstić information content (AvgIpc) is 2.16. The Balaban J connectivity index is 2.77. The van der Waals surface area contributed by atoms with Gasteiger partial charge in [-0.3, -0.25) is 9.59 Å². The maximum absolute atomic E-state index is 11.1. The van der Waals surface area contributed by atoms with Crippen LogP contribution in [0.2, 0.25) is 0 Å². The van der Waals surface area contributed by atoms with Gasteiger partial charge < -0.3 is 20.5 Å². The molecule has 1 saturated heterocycles. The molecule has 1 fully saturated rings. The smallest absolute Gasteiger partial charge is 0.394 e. The zero-order valence-corrected chi connectivity index (χ0v) is 7.30. The zero-order valence-electron chi connectivity index (χ0n) is 7.30. The minimum atomic E-state index is -1.60. The molecule has 0 spiro atoms. The Labute approximate surface area is 79.4 Å². The first kappa shape index (κ1) is 10.5. The van der Waals surface area contributed by atoms with E-state index in [1.807, 2.05) is 0 Å². The highest BCUT2D eigenvalue weighted by atomic mass is 16.5. The molecule has 1 heterocycles. The van der Waals surface area contributed by atoms with Crippen LogP contribution in [0.1, 0.15) is 0 Å². The van der Waals surface area contributed by atoms with Crippen molar-refractivity contribution in [2.24, 2.45) is 5.73 Å². The van der Waals surface area contributed by atoms with Gasteiger partial charge in [0, 0.05) is 6.54 Å². The van der Waals surface area contributed by atoms with Crippen molar-refractivity contribution in [1.29, 1.82) is 0 Å². The number of amides is 2. The molecular weight excluding hydrogens is 192 g/mol. The van der Waals surface area contributed by atoms with Crippen molar-refractivity contribution in [3.05, 3.63) is 0 Å². The number of morpholine rings is 1. The number of carboxylic acid groups (broad SMARTS) is 1. The second kappa shape index (κ2) is 4.05. The lowest BCUT2D eigenvalue weighted by molar-refractivity contribution is -0.162. The largest absolute Gasteiger partial charge is 0.474 e. The van der Waals surface area contributed by atoms with Crippen LogP contribution in [-0.2, 0) is 19.1 Å². The third kappa shape index (κ3) is 1.99. The van der Waals surface area contributed by atoms with Gasteiger partial charge in [-0.15, -0.1) is 0 Å². The number of nitrogens with two attached hydrogens (primary N) is 1. The van der Waals surface area contributed by atoms with Gasteiger partial charge in [-0.2, -0.15) is 0 Å². The van der Waals surface area contributed by atoms with Crippen molar-refractivity contribution in [3.63, 3.8) is 0 Å². The van der Waals surface area contributed by atoms with Gasteiger partial charge in [0.25, 0.3) is 0 Å². The monoisotopic (exact) mass is 202 g/mol. The van der Waals surface area contributed by atoms with E-state index in [2.05, 4.69) is 0 Å². The molecule has 78 valence electrons. The first-order valence-electron chi connectivity index (χ1n) is 3.95. The Morgan fingerprint density at radius 1 is 1.43 bits per heavy atom. The van der Waals surface area contributed by atoms with Crippen LogP contribution in [0.15, 0.2) is 0 Å². The van der Waals surface area contributed by atoms with Crippen LogP contribution in [-0.4, -0.2) is 53.6 Å². The van der Waals surface area contributed by atoms with Gasteiger partial charge in [-0.1, -0.05) is 0 Å². The Kier molecular flexibility index (Phi) is 3.03. The number of carbonyl (C=O) groups excluding carboxylic acids is 2. The molecule has 0 bridgehead atoms. The molecule has 0 aromatic heterocycles. The van der Waals surface area contributed by atoms with Crippen LogP contribution in [0.4, 0.5) is 0 Å². The van der Waals surface area contributed by atoms with E-state index in [-0.39, 0.29) is 19.8 Å². The van der Waals surface area contributed by atoms with Crippen molar-refractivity contribution < 1.29 is 24.2 Å². The van der Waals surface area contributed by atoms with Crippen LogP contribution < -0.4 is 5.73 Å². The van der Waals surface area contributed by atoms with Crippen molar-refractivity contribution in [2.75, 3.05) is 19.8 Å². The Hall–Kier alpha value is -1.63. The van der Waals surface area contributed by atoms with Crippen molar-refractivity contribution in [2.45, 2.75) is 6.04 Å². The first-order valence-corrected chi connectivity index (χ1v) is 3.95. The number of hydrogen-bond donors (Lipinski definition) is 2. The normalized spacial score (nSPS) is 21.7. The topological polar surface area (TPSA) is 110 Å². The number of aliphatic carboxylic acids is 1. The number of carboxylic acids is 1. The van der Waals surface area contributed by atoms with Crippen molar-refractivity contribution in [3.8, 4) is 0 Å². The summed E-state index contributed by atoms with van der Waals surface area (Å²) in [5.41, 5.74) is 4.99. The molecular formula is C7H10N2O5. The summed E-state index contributed by atoms with van der Waals surface area (Å²) in [5, 5.41) is 8.45. The van der Waals surface area contributed by atoms with Gasteiger partial charge in [-0.25, -0.2) is 4.79 Å². The van der Waals surface area contributed by atoms with Crippen LogP contribution in [0.25, 0.3) is 0 Å². The van der Waals surface area contributed by atoms with Gasteiger partial charge in [-0.05, 0) is 0 Å². The van der Waals surface area contributed by atoms with E-state index in [0.717, 1.165) is 4.90 Å². The molecule has 14 heavy (non-hydrogen) atoms. The van der Waals surface area contributed by atoms with Gasteiger partial charge >= 0.3 is 11.9 Å². The first-order chi connectivity index (χ1) is 6.54. The summed E-state index contributed by atoms with van der Waals surface area (Å²) in [6, 6.07) is -0.979. The molecule has 1 aliphatic rings. The summed E-state index contributed by atoms with van der Waals surface area (Å²) in [6.45, 7) is 0.232. The zero-order chi connectivity index (χ0) is 10.7. The van der Waals surface area contributed by atoms with Crippen molar-refractivity contribution >= 4 is 17.8 Å². The molecule has 2 amide bonds. The van der Waals surface area contributed by atoms with E-state index in [4.69, 9.17) is 15.6 Å². The molecule has 1 unspecified atom stereocenters. The van der Waals surface area contributed by atoms with E-state index in [1.165, 1.54) is 0 Å². The maximum atomic E-state index is 11.1. The summed E-state index contributed by atoms with van der Waals surface area (Å²) in [6.07, 6.45) is 0. The van der Waals surface area contributed by atoms with Gasteiger partial charge in [0.2, 0.25) is 5.91 Å². The highest BCUT2D eigenvalue weighted by Gasteiger charge is 2.34. The molecule has 1 atom stereocenters. The summed E-state index contributed by atoms with van der Waals surface area (Å²) >= 11 is 0. The number of rotatable bonds is 1. The standard InChI is InChI=1S/C7H10N2O5/c8-5(10)4-3-14-2-1-9(4)6(11)7(12)13/h4H,1-3H2,(H2,8,10)(H,12,13).